The number of nitrogens with two attached hydrogens (primary N) is 1. The molecule has 10 nitrogen and oxygen atoms in total. The number of aliphatic hydroxyl groups is 1. The van der Waals surface area contributed by atoms with Gasteiger partial charge in [0, 0.05) is 11.8 Å². The highest BCUT2D eigenvalue weighted by atomic mass is 32.5. The molecule has 3 rings (SSSR count). The maximum absolute atomic E-state index is 12.1. The van der Waals surface area contributed by atoms with Gasteiger partial charge in [0.2, 0.25) is 0 Å². The third-order valence-corrected chi connectivity index (χ3v) is 4.70. The standard InChI is InChI=1S/C11H16N3O7PS/c1-5-2-14(10(16)13-8(5)12)9-6-7(21-22(17,18)23)11(3-15,20-9)4-19-6/h2,6-7,9,15H,3-4H2,1H3,(H2,12,13,16)(H2,17,18,23)/t6?,7?,9-,11+/m1/s1. The Labute approximate surface area is 135 Å². The predicted octanol–water partition coefficient (Wildman–Crippen LogP) is -1.61. The molecule has 2 fully saturated rings. The van der Waals surface area contributed by atoms with E-state index in [1.54, 1.807) is 6.92 Å². The lowest BCUT2D eigenvalue weighted by Gasteiger charge is -2.30. The Balaban J connectivity index is 2.00. The van der Waals surface area contributed by atoms with E-state index in [1.165, 1.54) is 10.8 Å². The van der Waals surface area contributed by atoms with Crippen molar-refractivity contribution in [3.05, 3.63) is 22.2 Å². The highest BCUT2D eigenvalue weighted by molar-refractivity contribution is 8.06. The number of anilines is 1. The van der Waals surface area contributed by atoms with Crippen molar-refractivity contribution in [1.29, 1.82) is 0 Å². The number of ether oxygens (including phenoxy) is 2. The number of rotatable bonds is 4. The molecule has 2 bridgehead atoms. The smallest absolute Gasteiger partial charge is 0.351 e. The zero-order valence-electron chi connectivity index (χ0n) is 12.0. The number of fused-ring (bicyclic) bond motifs is 2. The molecule has 2 aliphatic heterocycles. The van der Waals surface area contributed by atoms with Crippen molar-refractivity contribution < 1.29 is 28.9 Å². The van der Waals surface area contributed by atoms with Crippen LogP contribution in [0, 0.1) is 6.92 Å². The average Bonchev–Trinajstić information content (AvgIpc) is 2.93. The number of nitrogen functional groups attached to an aromatic ring is 1. The summed E-state index contributed by atoms with van der Waals surface area (Å²) in [6.07, 6.45) is -1.38. The van der Waals surface area contributed by atoms with Crippen LogP contribution in [0.4, 0.5) is 5.82 Å². The third-order valence-electron chi connectivity index (χ3n) is 3.94. The summed E-state index contributed by atoms with van der Waals surface area (Å²) in [5, 5.41) is 9.65. The van der Waals surface area contributed by atoms with Crippen LogP contribution in [0.15, 0.2) is 11.0 Å². The molecule has 0 spiro atoms. The minimum absolute atomic E-state index is 0.0270. The van der Waals surface area contributed by atoms with Crippen LogP contribution < -0.4 is 11.4 Å². The van der Waals surface area contributed by atoms with Crippen LogP contribution in [0.3, 0.4) is 0 Å². The summed E-state index contributed by atoms with van der Waals surface area (Å²) in [4.78, 5) is 34.6. The Hall–Kier alpha value is -0.910. The summed E-state index contributed by atoms with van der Waals surface area (Å²) in [6, 6.07) is 0. The van der Waals surface area contributed by atoms with Gasteiger partial charge in [0.15, 0.2) is 6.23 Å². The molecule has 0 radical (unpaired) electrons. The Morgan fingerprint density at radius 3 is 2.96 bits per heavy atom. The number of aliphatic hydroxyl groups excluding tert-OH is 1. The van der Waals surface area contributed by atoms with Crippen LogP contribution in [0.5, 0.6) is 0 Å². The summed E-state index contributed by atoms with van der Waals surface area (Å²) in [5.41, 5.74) is 4.15. The number of hydrogen-bond acceptors (Lipinski definition) is 8. The van der Waals surface area contributed by atoms with Crippen molar-refractivity contribution in [3.8, 4) is 0 Å². The SMILES string of the molecule is Cc1cn([C@@H]2O[C@@]3(CO)COC2C3OP(O)(O)=S)c(=O)nc1N. The lowest BCUT2D eigenvalue weighted by Crippen LogP contribution is -2.45. The first-order valence-electron chi connectivity index (χ1n) is 6.66. The Morgan fingerprint density at radius 1 is 1.65 bits per heavy atom. The predicted molar refractivity (Wildman–Crippen MR) is 80.9 cm³/mol. The van der Waals surface area contributed by atoms with Gasteiger partial charge in [-0.25, -0.2) is 4.79 Å². The summed E-state index contributed by atoms with van der Waals surface area (Å²) in [5.74, 6) is 0.0983. The summed E-state index contributed by atoms with van der Waals surface area (Å²) in [6.45, 7) is -2.87. The molecule has 23 heavy (non-hydrogen) atoms. The van der Waals surface area contributed by atoms with E-state index in [0.29, 0.717) is 5.56 Å². The minimum atomic E-state index is -4.01. The van der Waals surface area contributed by atoms with Crippen molar-refractivity contribution in [3.63, 3.8) is 0 Å². The van der Waals surface area contributed by atoms with Gasteiger partial charge in [-0.05, 0) is 18.7 Å². The Bertz CT molecular complexity index is 737. The van der Waals surface area contributed by atoms with Crippen LogP contribution >= 0.6 is 6.72 Å². The number of nitrogens with zero attached hydrogens (tertiary/aromatic N) is 2. The Kier molecular flexibility index (Phi) is 4.10. The van der Waals surface area contributed by atoms with Gasteiger partial charge in [-0.1, -0.05) is 0 Å². The fourth-order valence-corrected chi connectivity index (χ4v) is 3.69. The molecule has 0 saturated carbocycles. The first-order chi connectivity index (χ1) is 10.7. The lowest BCUT2D eigenvalue weighted by atomic mass is 10.0. The van der Waals surface area contributed by atoms with Crippen molar-refractivity contribution in [2.24, 2.45) is 0 Å². The molecule has 5 N–H and O–H groups in total. The zero-order chi connectivity index (χ0) is 17.0. The average molecular weight is 365 g/mol. The van der Waals surface area contributed by atoms with Gasteiger partial charge < -0.3 is 30.1 Å². The van der Waals surface area contributed by atoms with E-state index in [1.807, 2.05) is 0 Å². The normalized spacial score (nSPS) is 33.3. The maximum Gasteiger partial charge on any atom is 0.351 e. The van der Waals surface area contributed by atoms with E-state index in [0.717, 1.165) is 0 Å². The third kappa shape index (κ3) is 2.83. The van der Waals surface area contributed by atoms with Gasteiger partial charge in [-0.2, -0.15) is 4.98 Å². The van der Waals surface area contributed by atoms with E-state index in [4.69, 9.17) is 19.7 Å². The van der Waals surface area contributed by atoms with E-state index in [-0.39, 0.29) is 12.4 Å². The minimum Gasteiger partial charge on any atom is -0.393 e. The van der Waals surface area contributed by atoms with Crippen molar-refractivity contribution in [2.75, 3.05) is 18.9 Å². The summed E-state index contributed by atoms with van der Waals surface area (Å²) >= 11 is 4.48. The lowest BCUT2D eigenvalue weighted by molar-refractivity contribution is -0.187. The van der Waals surface area contributed by atoms with Crippen LogP contribution in [-0.2, 0) is 25.8 Å². The molecule has 3 heterocycles. The second-order valence-corrected chi connectivity index (χ2v) is 8.14. The van der Waals surface area contributed by atoms with Gasteiger partial charge in [0.05, 0.1) is 13.2 Å². The van der Waals surface area contributed by atoms with Gasteiger partial charge in [-0.3, -0.25) is 9.09 Å². The van der Waals surface area contributed by atoms with Gasteiger partial charge in [0.25, 0.3) is 0 Å². The van der Waals surface area contributed by atoms with Crippen molar-refractivity contribution >= 4 is 24.3 Å². The van der Waals surface area contributed by atoms with Crippen LogP contribution in [0.2, 0.25) is 0 Å². The molecule has 128 valence electrons. The first kappa shape index (κ1) is 16.9. The first-order valence-corrected chi connectivity index (χ1v) is 9.29. The molecule has 1 aromatic rings. The molecule has 12 heteroatoms. The highest BCUT2D eigenvalue weighted by Crippen LogP contribution is 2.52. The summed E-state index contributed by atoms with van der Waals surface area (Å²) < 4.78 is 17.5. The quantitative estimate of drug-likeness (QED) is 0.459. The zero-order valence-corrected chi connectivity index (χ0v) is 13.7. The van der Waals surface area contributed by atoms with Crippen LogP contribution in [0.25, 0.3) is 0 Å². The highest BCUT2D eigenvalue weighted by Gasteiger charge is 2.64. The maximum atomic E-state index is 12.1. The molecule has 2 aliphatic rings. The van der Waals surface area contributed by atoms with Crippen molar-refractivity contribution in [2.45, 2.75) is 31.0 Å². The fourth-order valence-electron chi connectivity index (χ4n) is 2.80. The van der Waals surface area contributed by atoms with E-state index in [2.05, 4.69) is 16.8 Å². The fraction of sp³-hybridized carbons (Fsp3) is 0.636. The molecule has 4 atom stereocenters. The van der Waals surface area contributed by atoms with Crippen molar-refractivity contribution in [1.82, 2.24) is 9.55 Å². The van der Waals surface area contributed by atoms with E-state index >= 15 is 0 Å². The van der Waals surface area contributed by atoms with Gasteiger partial charge >= 0.3 is 12.4 Å². The van der Waals surface area contributed by atoms with Gasteiger partial charge in [-0.15, -0.1) is 0 Å². The second kappa shape index (κ2) is 5.57. The van der Waals surface area contributed by atoms with E-state index < -0.39 is 43.1 Å². The molecule has 2 unspecified atom stereocenters. The largest absolute Gasteiger partial charge is 0.393 e. The molecule has 0 amide bonds. The molecular weight excluding hydrogens is 349 g/mol. The van der Waals surface area contributed by atoms with E-state index in [9.17, 15) is 19.7 Å². The molecule has 2 saturated heterocycles. The molecule has 1 aromatic heterocycles. The molecule has 0 aliphatic carbocycles. The van der Waals surface area contributed by atoms with Gasteiger partial charge in [0.1, 0.15) is 23.6 Å². The summed E-state index contributed by atoms with van der Waals surface area (Å²) in [7, 11) is 0. The number of aryl methyl sites for hydroxylation is 1. The molecule has 0 aromatic carbocycles. The monoisotopic (exact) mass is 365 g/mol. The number of hydrogen-bond donors (Lipinski definition) is 4. The van der Waals surface area contributed by atoms with Crippen LogP contribution in [-0.4, -0.2) is 55.5 Å². The number of aromatic nitrogens is 2. The topological polar surface area (TPSA) is 149 Å². The van der Waals surface area contributed by atoms with Crippen LogP contribution in [0.1, 0.15) is 11.8 Å². The second-order valence-electron chi connectivity index (χ2n) is 5.52. The molecular formula is C11H16N3O7PS. The Morgan fingerprint density at radius 2 is 2.35 bits per heavy atom.